The second-order valence-electron chi connectivity index (χ2n) is 7.83. The lowest BCUT2D eigenvalue weighted by molar-refractivity contribution is -0.139. The molecule has 2 aliphatic rings. The average molecular weight is 380 g/mol. The highest BCUT2D eigenvalue weighted by atomic mass is 16.5. The molecule has 1 aliphatic carbocycles. The van der Waals surface area contributed by atoms with Crippen LogP contribution in [0.15, 0.2) is 48.7 Å². The molecule has 0 bridgehead atoms. The molecule has 0 N–H and O–H groups in total. The predicted octanol–water partition coefficient (Wildman–Crippen LogP) is 3.83. The number of carbonyl (C=O) groups is 1. The first kappa shape index (κ1) is 18.9. The number of hydrogen-bond acceptors (Lipinski definition) is 4. The number of amides is 1. The molecule has 1 aromatic carbocycles. The number of benzene rings is 1. The molecule has 5 nitrogen and oxygen atoms in total. The predicted molar refractivity (Wildman–Crippen MR) is 107 cm³/mol. The topological polar surface area (TPSA) is 51.7 Å². The van der Waals surface area contributed by atoms with E-state index in [-0.39, 0.29) is 11.8 Å². The van der Waals surface area contributed by atoms with Gasteiger partial charge in [-0.05, 0) is 49.1 Å². The third-order valence-corrected chi connectivity index (χ3v) is 5.63. The van der Waals surface area contributed by atoms with Gasteiger partial charge in [0.1, 0.15) is 5.75 Å². The maximum absolute atomic E-state index is 13.0. The molecule has 0 spiro atoms. The molecule has 148 valence electrons. The second-order valence-corrected chi connectivity index (χ2v) is 7.83. The van der Waals surface area contributed by atoms with E-state index in [1.807, 2.05) is 35.2 Å². The first-order chi connectivity index (χ1) is 13.8. The van der Waals surface area contributed by atoms with Crippen LogP contribution in [0.3, 0.4) is 0 Å². The van der Waals surface area contributed by atoms with Crippen molar-refractivity contribution in [1.29, 1.82) is 0 Å². The number of aromatic nitrogens is 1. The molecule has 1 aromatic heterocycles. The van der Waals surface area contributed by atoms with Gasteiger partial charge in [0.15, 0.2) is 0 Å². The van der Waals surface area contributed by atoms with E-state index in [0.717, 1.165) is 55.9 Å². The van der Waals surface area contributed by atoms with Crippen molar-refractivity contribution in [2.45, 2.75) is 38.8 Å². The van der Waals surface area contributed by atoms with Gasteiger partial charge < -0.3 is 14.4 Å². The zero-order valence-corrected chi connectivity index (χ0v) is 16.3. The van der Waals surface area contributed by atoms with E-state index in [2.05, 4.69) is 17.1 Å². The van der Waals surface area contributed by atoms with Gasteiger partial charge in [0, 0.05) is 31.2 Å². The largest absolute Gasteiger partial charge is 0.493 e. The summed E-state index contributed by atoms with van der Waals surface area (Å²) in [6, 6.07) is 13.9. The molecule has 1 atom stereocenters. The molecule has 4 rings (SSSR count). The van der Waals surface area contributed by atoms with Crippen LogP contribution in [-0.4, -0.2) is 35.6 Å². The fraction of sp³-hybridized carbons (Fsp3) is 0.478. The molecule has 1 saturated heterocycles. The van der Waals surface area contributed by atoms with E-state index in [0.29, 0.717) is 25.6 Å². The van der Waals surface area contributed by atoms with Crippen LogP contribution in [-0.2, 0) is 22.6 Å². The molecular formula is C23H28N2O3. The summed E-state index contributed by atoms with van der Waals surface area (Å²) in [6.45, 7) is 3.42. The molecule has 2 fully saturated rings. The smallest absolute Gasteiger partial charge is 0.226 e. The molecule has 2 aromatic rings. The normalized spacial score (nSPS) is 19.2. The maximum atomic E-state index is 13.0. The third kappa shape index (κ3) is 4.90. The standard InChI is InChI=1S/C23H28N2O3/c26-23(20-6-4-7-20)25(15-21-8-1-2-11-24-21)14-18-5-3-9-22(13-18)28-17-19-10-12-27-16-19/h1-3,5,8-9,11,13,19-20H,4,6-7,10,12,14-17H2. The molecule has 1 saturated carbocycles. The fourth-order valence-corrected chi connectivity index (χ4v) is 3.70. The molecule has 5 heteroatoms. The molecule has 28 heavy (non-hydrogen) atoms. The van der Waals surface area contributed by atoms with Crippen LogP contribution in [0.4, 0.5) is 0 Å². The summed E-state index contributed by atoms with van der Waals surface area (Å²) in [5.74, 6) is 1.75. The number of nitrogens with zero attached hydrogens (tertiary/aromatic N) is 2. The summed E-state index contributed by atoms with van der Waals surface area (Å²) < 4.78 is 11.4. The first-order valence-electron chi connectivity index (χ1n) is 10.3. The van der Waals surface area contributed by atoms with Crippen molar-refractivity contribution in [2.75, 3.05) is 19.8 Å². The fourth-order valence-electron chi connectivity index (χ4n) is 3.70. The van der Waals surface area contributed by atoms with E-state index in [1.165, 1.54) is 0 Å². The number of pyridine rings is 1. The minimum absolute atomic E-state index is 0.172. The van der Waals surface area contributed by atoms with Crippen molar-refractivity contribution in [1.82, 2.24) is 9.88 Å². The van der Waals surface area contributed by atoms with Gasteiger partial charge in [-0.2, -0.15) is 0 Å². The number of hydrogen-bond donors (Lipinski definition) is 0. The van der Waals surface area contributed by atoms with E-state index < -0.39 is 0 Å². The van der Waals surface area contributed by atoms with Crippen molar-refractivity contribution in [3.63, 3.8) is 0 Å². The Morgan fingerprint density at radius 1 is 1.14 bits per heavy atom. The minimum Gasteiger partial charge on any atom is -0.493 e. The highest BCUT2D eigenvalue weighted by Crippen LogP contribution is 2.29. The molecule has 2 heterocycles. The lowest BCUT2D eigenvalue weighted by Gasteiger charge is -2.31. The van der Waals surface area contributed by atoms with E-state index >= 15 is 0 Å². The Morgan fingerprint density at radius 3 is 2.79 bits per heavy atom. The molecule has 1 unspecified atom stereocenters. The van der Waals surface area contributed by atoms with Crippen molar-refractivity contribution >= 4 is 5.91 Å². The van der Waals surface area contributed by atoms with Crippen molar-refractivity contribution in [3.05, 3.63) is 59.9 Å². The Hall–Kier alpha value is -2.40. The van der Waals surface area contributed by atoms with Crippen LogP contribution in [0.2, 0.25) is 0 Å². The summed E-state index contributed by atoms with van der Waals surface area (Å²) in [5, 5.41) is 0. The highest BCUT2D eigenvalue weighted by Gasteiger charge is 2.29. The van der Waals surface area contributed by atoms with Gasteiger partial charge in [-0.3, -0.25) is 9.78 Å². The molecule has 1 aliphatic heterocycles. The zero-order valence-electron chi connectivity index (χ0n) is 16.3. The van der Waals surface area contributed by atoms with Crippen LogP contribution in [0.5, 0.6) is 5.75 Å². The van der Waals surface area contributed by atoms with E-state index in [1.54, 1.807) is 6.20 Å². The van der Waals surface area contributed by atoms with Gasteiger partial charge in [0.25, 0.3) is 0 Å². The van der Waals surface area contributed by atoms with Gasteiger partial charge in [0.05, 0.1) is 25.5 Å². The Morgan fingerprint density at radius 2 is 2.07 bits per heavy atom. The summed E-state index contributed by atoms with van der Waals surface area (Å²) in [6.07, 6.45) is 6.01. The van der Waals surface area contributed by atoms with Crippen LogP contribution >= 0.6 is 0 Å². The van der Waals surface area contributed by atoms with Crippen LogP contribution < -0.4 is 4.74 Å². The minimum atomic E-state index is 0.172. The average Bonchev–Trinajstić information content (AvgIpc) is 3.19. The summed E-state index contributed by atoms with van der Waals surface area (Å²) in [7, 11) is 0. The molecular weight excluding hydrogens is 352 g/mol. The Labute approximate surface area is 166 Å². The van der Waals surface area contributed by atoms with E-state index in [4.69, 9.17) is 9.47 Å². The summed E-state index contributed by atoms with van der Waals surface area (Å²) >= 11 is 0. The first-order valence-corrected chi connectivity index (χ1v) is 10.3. The number of ether oxygens (including phenoxy) is 2. The van der Waals surface area contributed by atoms with Crippen LogP contribution in [0.25, 0.3) is 0 Å². The highest BCUT2D eigenvalue weighted by molar-refractivity contribution is 5.79. The molecule has 1 amide bonds. The van der Waals surface area contributed by atoms with Gasteiger partial charge in [0.2, 0.25) is 5.91 Å². The third-order valence-electron chi connectivity index (χ3n) is 5.63. The maximum Gasteiger partial charge on any atom is 0.226 e. The molecule has 0 radical (unpaired) electrons. The monoisotopic (exact) mass is 380 g/mol. The van der Waals surface area contributed by atoms with Gasteiger partial charge in [-0.15, -0.1) is 0 Å². The zero-order chi connectivity index (χ0) is 19.2. The Bertz CT molecular complexity index is 770. The Balaban J connectivity index is 1.43. The summed E-state index contributed by atoms with van der Waals surface area (Å²) in [4.78, 5) is 19.3. The van der Waals surface area contributed by atoms with Gasteiger partial charge in [-0.25, -0.2) is 0 Å². The van der Waals surface area contributed by atoms with Crippen LogP contribution in [0.1, 0.15) is 36.9 Å². The van der Waals surface area contributed by atoms with Crippen molar-refractivity contribution in [3.8, 4) is 5.75 Å². The van der Waals surface area contributed by atoms with Gasteiger partial charge in [-0.1, -0.05) is 24.6 Å². The Kier molecular flexibility index (Phi) is 6.22. The quantitative estimate of drug-likeness (QED) is 0.698. The SMILES string of the molecule is O=C(C1CCC1)N(Cc1cccc(OCC2CCOC2)c1)Cc1ccccn1. The lowest BCUT2D eigenvalue weighted by Crippen LogP contribution is -2.38. The lowest BCUT2D eigenvalue weighted by atomic mass is 9.84. The number of rotatable bonds is 8. The van der Waals surface area contributed by atoms with Crippen molar-refractivity contribution in [2.24, 2.45) is 11.8 Å². The summed E-state index contributed by atoms with van der Waals surface area (Å²) in [5.41, 5.74) is 2.01. The van der Waals surface area contributed by atoms with Crippen molar-refractivity contribution < 1.29 is 14.3 Å². The second kappa shape index (κ2) is 9.20. The number of carbonyl (C=O) groups excluding carboxylic acids is 1. The van der Waals surface area contributed by atoms with Crippen LogP contribution in [0, 0.1) is 11.8 Å². The van der Waals surface area contributed by atoms with Gasteiger partial charge >= 0.3 is 0 Å². The van der Waals surface area contributed by atoms with E-state index in [9.17, 15) is 4.79 Å².